The van der Waals surface area contributed by atoms with Crippen LogP contribution in [0.1, 0.15) is 10.4 Å². The molecule has 1 N–H and O–H groups in total. The average molecular weight is 444 g/mol. The van der Waals surface area contributed by atoms with Crippen LogP contribution >= 0.6 is 0 Å². The first-order chi connectivity index (χ1) is 14.8. The first kappa shape index (κ1) is 22.1. The number of para-hydroxylation sites is 1. The van der Waals surface area contributed by atoms with E-state index in [-0.39, 0.29) is 16.1 Å². The lowest BCUT2D eigenvalue weighted by Crippen LogP contribution is -2.27. The molecule has 0 fully saturated rings. The van der Waals surface area contributed by atoms with Gasteiger partial charge < -0.3 is 14.8 Å². The second-order valence-electron chi connectivity index (χ2n) is 6.47. The van der Waals surface area contributed by atoms with Crippen LogP contribution in [0, 0.1) is 5.82 Å². The molecule has 31 heavy (non-hydrogen) atoms. The molecule has 0 bridgehead atoms. The SMILES string of the molecule is COc1ccc(OC)c(NC(=O)c2cccc(S(=O)(=O)N(C)c3ccccc3F)c2)c1. The Morgan fingerprint density at radius 1 is 0.968 bits per heavy atom. The zero-order valence-electron chi connectivity index (χ0n) is 17.1. The third-order valence-corrected chi connectivity index (χ3v) is 6.37. The summed E-state index contributed by atoms with van der Waals surface area (Å²) in [7, 11) is 0.109. The van der Waals surface area contributed by atoms with Crippen molar-refractivity contribution in [3.8, 4) is 11.5 Å². The maximum Gasteiger partial charge on any atom is 0.264 e. The molecule has 3 rings (SSSR count). The predicted octanol–water partition coefficient (Wildman–Crippen LogP) is 3.92. The number of amides is 1. The molecule has 0 aliphatic rings. The molecule has 0 radical (unpaired) electrons. The van der Waals surface area contributed by atoms with Gasteiger partial charge in [0.2, 0.25) is 0 Å². The van der Waals surface area contributed by atoms with E-state index in [4.69, 9.17) is 9.47 Å². The predicted molar refractivity (Wildman–Crippen MR) is 116 cm³/mol. The summed E-state index contributed by atoms with van der Waals surface area (Å²) in [6, 6.07) is 15.9. The van der Waals surface area contributed by atoms with E-state index >= 15 is 0 Å². The van der Waals surface area contributed by atoms with Gasteiger partial charge in [0, 0.05) is 18.7 Å². The molecule has 162 valence electrons. The molecule has 3 aromatic carbocycles. The maximum atomic E-state index is 14.1. The van der Waals surface area contributed by atoms with Gasteiger partial charge in [0.05, 0.1) is 30.5 Å². The largest absolute Gasteiger partial charge is 0.497 e. The highest BCUT2D eigenvalue weighted by Gasteiger charge is 2.24. The molecular formula is C22H21FN2O5S. The number of nitrogens with one attached hydrogen (secondary N) is 1. The lowest BCUT2D eigenvalue weighted by molar-refractivity contribution is 0.102. The van der Waals surface area contributed by atoms with E-state index in [0.29, 0.717) is 17.2 Å². The highest BCUT2D eigenvalue weighted by molar-refractivity contribution is 7.92. The summed E-state index contributed by atoms with van der Waals surface area (Å²) in [4.78, 5) is 12.6. The van der Waals surface area contributed by atoms with Gasteiger partial charge in [0.15, 0.2) is 0 Å². The fourth-order valence-electron chi connectivity index (χ4n) is 2.90. The third-order valence-electron chi connectivity index (χ3n) is 4.60. The molecule has 1 amide bonds. The lowest BCUT2D eigenvalue weighted by atomic mass is 10.2. The van der Waals surface area contributed by atoms with Crippen molar-refractivity contribution in [2.75, 3.05) is 30.9 Å². The van der Waals surface area contributed by atoms with E-state index in [0.717, 1.165) is 4.31 Å². The van der Waals surface area contributed by atoms with Crippen LogP contribution in [0.25, 0.3) is 0 Å². The molecule has 0 heterocycles. The highest BCUT2D eigenvalue weighted by Crippen LogP contribution is 2.30. The van der Waals surface area contributed by atoms with E-state index in [1.165, 1.54) is 69.8 Å². The maximum absolute atomic E-state index is 14.1. The molecule has 0 spiro atoms. The van der Waals surface area contributed by atoms with Crippen molar-refractivity contribution in [1.82, 2.24) is 0 Å². The summed E-state index contributed by atoms with van der Waals surface area (Å²) < 4.78 is 51.3. The molecule has 0 aromatic heterocycles. The van der Waals surface area contributed by atoms with Crippen LogP contribution in [0.15, 0.2) is 71.6 Å². The number of ether oxygens (including phenoxy) is 2. The summed E-state index contributed by atoms with van der Waals surface area (Å²) in [5.74, 6) is -0.291. The highest BCUT2D eigenvalue weighted by atomic mass is 32.2. The van der Waals surface area contributed by atoms with Crippen molar-refractivity contribution in [1.29, 1.82) is 0 Å². The summed E-state index contributed by atoms with van der Waals surface area (Å²) >= 11 is 0. The second kappa shape index (κ2) is 9.05. The van der Waals surface area contributed by atoms with Crippen molar-refractivity contribution in [2.24, 2.45) is 0 Å². The monoisotopic (exact) mass is 444 g/mol. The second-order valence-corrected chi connectivity index (χ2v) is 8.44. The van der Waals surface area contributed by atoms with E-state index in [2.05, 4.69) is 5.32 Å². The number of halogens is 1. The number of carbonyl (C=O) groups is 1. The van der Waals surface area contributed by atoms with Crippen molar-refractivity contribution < 1.29 is 27.1 Å². The van der Waals surface area contributed by atoms with Crippen LogP contribution in [0.5, 0.6) is 11.5 Å². The summed E-state index contributed by atoms with van der Waals surface area (Å²) in [6.07, 6.45) is 0. The van der Waals surface area contributed by atoms with Gasteiger partial charge in [-0.1, -0.05) is 18.2 Å². The number of anilines is 2. The zero-order valence-corrected chi connectivity index (χ0v) is 17.9. The Morgan fingerprint density at radius 2 is 1.71 bits per heavy atom. The molecule has 0 aliphatic carbocycles. The first-order valence-corrected chi connectivity index (χ1v) is 10.6. The van der Waals surface area contributed by atoms with Gasteiger partial charge in [-0.25, -0.2) is 12.8 Å². The van der Waals surface area contributed by atoms with Crippen molar-refractivity contribution in [3.63, 3.8) is 0 Å². The fourth-order valence-corrected chi connectivity index (χ4v) is 4.15. The molecule has 0 atom stereocenters. The summed E-state index contributed by atoms with van der Waals surface area (Å²) in [5.41, 5.74) is 0.370. The molecule has 0 unspecified atom stereocenters. The van der Waals surface area contributed by atoms with Crippen molar-refractivity contribution >= 4 is 27.3 Å². The molecule has 0 saturated heterocycles. The molecule has 0 saturated carbocycles. The Morgan fingerprint density at radius 3 is 2.39 bits per heavy atom. The summed E-state index contributed by atoms with van der Waals surface area (Å²) in [5, 5.41) is 2.69. The number of nitrogens with zero attached hydrogens (tertiary/aromatic N) is 1. The van der Waals surface area contributed by atoms with Crippen LogP contribution in [0.2, 0.25) is 0 Å². The Labute approximate surface area is 180 Å². The Bertz CT molecular complexity index is 1210. The first-order valence-electron chi connectivity index (χ1n) is 9.15. The molecule has 3 aromatic rings. The van der Waals surface area contributed by atoms with Gasteiger partial charge in [-0.2, -0.15) is 0 Å². The molecule has 7 nitrogen and oxygen atoms in total. The summed E-state index contributed by atoms with van der Waals surface area (Å²) in [6.45, 7) is 0. The minimum absolute atomic E-state index is 0.0986. The van der Waals surface area contributed by atoms with Crippen molar-refractivity contribution in [3.05, 3.63) is 78.1 Å². The fraction of sp³-hybridized carbons (Fsp3) is 0.136. The Kier molecular flexibility index (Phi) is 6.45. The van der Waals surface area contributed by atoms with Crippen LogP contribution in [-0.4, -0.2) is 35.6 Å². The number of sulfonamides is 1. The number of benzene rings is 3. The smallest absolute Gasteiger partial charge is 0.264 e. The minimum Gasteiger partial charge on any atom is -0.497 e. The number of hydrogen-bond acceptors (Lipinski definition) is 5. The normalized spacial score (nSPS) is 11.0. The third kappa shape index (κ3) is 4.61. The minimum atomic E-state index is -4.10. The van der Waals surface area contributed by atoms with Gasteiger partial charge in [0.25, 0.3) is 15.9 Å². The van der Waals surface area contributed by atoms with Gasteiger partial charge in [0.1, 0.15) is 17.3 Å². The standard InChI is InChI=1S/C22H21FN2O5S/c1-25(20-10-5-4-9-18(20)23)31(27,28)17-8-6-7-15(13-17)22(26)24-19-14-16(29-2)11-12-21(19)30-3/h4-14H,1-3H3,(H,24,26). The number of rotatable bonds is 7. The topological polar surface area (TPSA) is 84.9 Å². The van der Waals surface area contributed by atoms with Gasteiger partial charge >= 0.3 is 0 Å². The molecular weight excluding hydrogens is 423 g/mol. The van der Waals surface area contributed by atoms with E-state index < -0.39 is 21.7 Å². The average Bonchev–Trinajstić information content (AvgIpc) is 2.78. The molecule has 9 heteroatoms. The number of hydrogen-bond donors (Lipinski definition) is 1. The van der Waals surface area contributed by atoms with Crippen molar-refractivity contribution in [2.45, 2.75) is 4.90 Å². The lowest BCUT2D eigenvalue weighted by Gasteiger charge is -2.20. The Balaban J connectivity index is 1.91. The van der Waals surface area contributed by atoms with Crippen LogP contribution in [0.3, 0.4) is 0 Å². The van der Waals surface area contributed by atoms with E-state index in [1.807, 2.05) is 0 Å². The van der Waals surface area contributed by atoms with Crippen LogP contribution < -0.4 is 19.1 Å². The number of methoxy groups -OCH3 is 2. The quantitative estimate of drug-likeness (QED) is 0.597. The van der Waals surface area contributed by atoms with Gasteiger partial charge in [-0.15, -0.1) is 0 Å². The zero-order chi connectivity index (χ0) is 22.6. The molecule has 0 aliphatic heterocycles. The van der Waals surface area contributed by atoms with Crippen LogP contribution in [0.4, 0.5) is 15.8 Å². The van der Waals surface area contributed by atoms with E-state index in [1.54, 1.807) is 18.2 Å². The van der Waals surface area contributed by atoms with Crippen LogP contribution in [-0.2, 0) is 10.0 Å². The van der Waals surface area contributed by atoms with Gasteiger partial charge in [-0.3, -0.25) is 9.10 Å². The number of carbonyl (C=O) groups excluding carboxylic acids is 1. The Hall–Kier alpha value is -3.59. The van der Waals surface area contributed by atoms with Gasteiger partial charge in [-0.05, 0) is 42.5 Å². The van der Waals surface area contributed by atoms with E-state index in [9.17, 15) is 17.6 Å².